The Bertz CT molecular complexity index is 1020. The number of carbonyl (C=O) groups is 1. The van der Waals surface area contributed by atoms with Gasteiger partial charge in [-0.2, -0.15) is 0 Å². The lowest BCUT2D eigenvalue weighted by Crippen LogP contribution is -2.01. The molecule has 1 N–H and O–H groups in total. The number of thiophene rings is 1. The molecule has 3 aromatic rings. The molecule has 0 saturated heterocycles. The number of nitrogens with one attached hydrogen (secondary N) is 1. The predicted molar refractivity (Wildman–Crippen MR) is 96.4 cm³/mol. The summed E-state index contributed by atoms with van der Waals surface area (Å²) in [7, 11) is 2.68. The first kappa shape index (κ1) is 17.5. The summed E-state index contributed by atoms with van der Waals surface area (Å²) < 4.78 is 9.78. The molecular weight excluding hydrogens is 360 g/mol. The first-order chi connectivity index (χ1) is 12.5. The molecule has 26 heavy (non-hydrogen) atoms. The van der Waals surface area contributed by atoms with Crippen molar-refractivity contribution in [1.29, 1.82) is 0 Å². The van der Waals surface area contributed by atoms with E-state index in [2.05, 4.69) is 15.3 Å². The first-order valence-corrected chi connectivity index (χ1v) is 8.19. The summed E-state index contributed by atoms with van der Waals surface area (Å²) in [4.78, 5) is 32.0. The van der Waals surface area contributed by atoms with Gasteiger partial charge >= 0.3 is 11.7 Å². The summed E-state index contributed by atoms with van der Waals surface area (Å²) in [6, 6.07) is 4.50. The van der Waals surface area contributed by atoms with Crippen LogP contribution in [0, 0.1) is 17.0 Å². The van der Waals surface area contributed by atoms with Crippen molar-refractivity contribution in [2.24, 2.45) is 0 Å². The average molecular weight is 374 g/mol. The Morgan fingerprint density at radius 2 is 2.08 bits per heavy atom. The molecule has 1 aromatic carbocycles. The summed E-state index contributed by atoms with van der Waals surface area (Å²) in [5, 5.41) is 14.9. The van der Waals surface area contributed by atoms with Crippen molar-refractivity contribution in [3.05, 3.63) is 45.1 Å². The van der Waals surface area contributed by atoms with E-state index < -0.39 is 10.9 Å². The van der Waals surface area contributed by atoms with Crippen LogP contribution >= 0.6 is 11.3 Å². The number of aromatic nitrogens is 2. The summed E-state index contributed by atoms with van der Waals surface area (Å²) in [5.41, 5.74) is 0.978. The van der Waals surface area contributed by atoms with Gasteiger partial charge in [-0.25, -0.2) is 14.8 Å². The Morgan fingerprint density at radius 1 is 1.31 bits per heavy atom. The molecule has 0 fully saturated rings. The fourth-order valence-electron chi connectivity index (χ4n) is 2.50. The Labute approximate surface area is 151 Å². The van der Waals surface area contributed by atoms with Crippen molar-refractivity contribution in [3.8, 4) is 5.75 Å². The Kier molecular flexibility index (Phi) is 4.67. The highest BCUT2D eigenvalue weighted by atomic mass is 32.1. The van der Waals surface area contributed by atoms with Crippen LogP contribution in [0.25, 0.3) is 10.2 Å². The van der Waals surface area contributed by atoms with Crippen molar-refractivity contribution in [1.82, 2.24) is 9.97 Å². The van der Waals surface area contributed by atoms with Crippen LogP contribution in [-0.4, -0.2) is 35.1 Å². The molecule has 0 aliphatic heterocycles. The van der Waals surface area contributed by atoms with Crippen molar-refractivity contribution >= 4 is 44.7 Å². The molecule has 134 valence electrons. The number of carbonyl (C=O) groups excluding carboxylic acids is 1. The van der Waals surface area contributed by atoms with Gasteiger partial charge < -0.3 is 14.8 Å². The highest BCUT2D eigenvalue weighted by Crippen LogP contribution is 2.36. The van der Waals surface area contributed by atoms with Gasteiger partial charge in [-0.05, 0) is 24.6 Å². The molecule has 3 rings (SSSR count). The number of rotatable bonds is 5. The Balaban J connectivity index is 2.07. The maximum Gasteiger partial charge on any atom is 0.348 e. The second-order valence-electron chi connectivity index (χ2n) is 5.22. The van der Waals surface area contributed by atoms with E-state index in [-0.39, 0.29) is 11.4 Å². The highest BCUT2D eigenvalue weighted by Gasteiger charge is 2.21. The van der Waals surface area contributed by atoms with Crippen molar-refractivity contribution in [2.75, 3.05) is 19.5 Å². The number of fused-ring (bicyclic) bond motifs is 1. The Morgan fingerprint density at radius 3 is 2.73 bits per heavy atom. The fraction of sp³-hybridized carbons (Fsp3) is 0.188. The van der Waals surface area contributed by atoms with Crippen LogP contribution in [0.1, 0.15) is 15.2 Å². The number of ether oxygens (including phenoxy) is 2. The largest absolute Gasteiger partial charge is 0.490 e. The molecule has 0 spiro atoms. The van der Waals surface area contributed by atoms with E-state index in [1.165, 1.54) is 44.0 Å². The standard InChI is InChI=1S/C16H14N4O5S/c1-8-12-14(17-7-18-15(12)26-13(8)16(21)25-3)19-9-4-5-11(24-2)10(6-9)20(22)23/h4-7H,1-3H3,(H,17,18,19). The molecule has 2 aromatic heterocycles. The average Bonchev–Trinajstić information content (AvgIpc) is 2.98. The molecule has 0 aliphatic carbocycles. The van der Waals surface area contributed by atoms with Gasteiger partial charge in [0.05, 0.1) is 24.5 Å². The van der Waals surface area contributed by atoms with Crippen LogP contribution < -0.4 is 10.1 Å². The molecule has 10 heteroatoms. The SMILES string of the molecule is COC(=O)c1sc2ncnc(Nc3ccc(OC)c([N+](=O)[O-])c3)c2c1C. The van der Waals surface area contributed by atoms with E-state index >= 15 is 0 Å². The van der Waals surface area contributed by atoms with Gasteiger partial charge in [-0.15, -0.1) is 11.3 Å². The maximum atomic E-state index is 11.9. The third kappa shape index (κ3) is 3.02. The summed E-state index contributed by atoms with van der Waals surface area (Å²) in [6.07, 6.45) is 1.36. The van der Waals surface area contributed by atoms with Gasteiger partial charge in [0.15, 0.2) is 5.75 Å². The number of anilines is 2. The van der Waals surface area contributed by atoms with Gasteiger partial charge in [-0.1, -0.05) is 0 Å². The van der Waals surface area contributed by atoms with Crippen LogP contribution in [0.15, 0.2) is 24.5 Å². The predicted octanol–water partition coefficient (Wildman–Crippen LogP) is 3.45. The number of aryl methyl sites for hydroxylation is 1. The molecule has 0 atom stereocenters. The number of esters is 1. The quantitative estimate of drug-likeness (QED) is 0.410. The minimum atomic E-state index is -0.523. The summed E-state index contributed by atoms with van der Waals surface area (Å²) in [6.45, 7) is 1.77. The number of nitrogens with zero attached hydrogens (tertiary/aromatic N) is 3. The van der Waals surface area contributed by atoms with E-state index in [0.717, 1.165) is 0 Å². The van der Waals surface area contributed by atoms with E-state index in [1.54, 1.807) is 13.0 Å². The van der Waals surface area contributed by atoms with Gasteiger partial charge in [-0.3, -0.25) is 10.1 Å². The van der Waals surface area contributed by atoms with Gasteiger partial charge in [0.2, 0.25) is 0 Å². The van der Waals surface area contributed by atoms with Crippen LogP contribution in [0.4, 0.5) is 17.2 Å². The number of methoxy groups -OCH3 is 2. The zero-order chi connectivity index (χ0) is 18.8. The molecule has 0 aliphatic rings. The molecular formula is C16H14N4O5S. The number of hydrogen-bond donors (Lipinski definition) is 1. The van der Waals surface area contributed by atoms with E-state index in [1.807, 2.05) is 0 Å². The second kappa shape index (κ2) is 6.92. The molecule has 0 saturated carbocycles. The number of nitro benzene ring substituents is 1. The molecule has 2 heterocycles. The third-order valence-corrected chi connectivity index (χ3v) is 4.92. The van der Waals surface area contributed by atoms with E-state index in [9.17, 15) is 14.9 Å². The van der Waals surface area contributed by atoms with Crippen LogP contribution in [0.2, 0.25) is 0 Å². The minimum absolute atomic E-state index is 0.160. The third-order valence-electron chi connectivity index (χ3n) is 3.74. The molecule has 0 unspecified atom stereocenters. The zero-order valence-electron chi connectivity index (χ0n) is 14.1. The molecule has 0 amide bonds. The summed E-state index contributed by atoms with van der Waals surface area (Å²) in [5.74, 6) is 0.156. The smallest absolute Gasteiger partial charge is 0.348 e. The van der Waals surface area contributed by atoms with E-state index in [4.69, 9.17) is 9.47 Å². The highest BCUT2D eigenvalue weighted by molar-refractivity contribution is 7.20. The number of benzene rings is 1. The van der Waals surface area contributed by atoms with Crippen LogP contribution in [0.3, 0.4) is 0 Å². The van der Waals surface area contributed by atoms with Gasteiger partial charge in [0, 0.05) is 11.8 Å². The first-order valence-electron chi connectivity index (χ1n) is 7.38. The summed E-state index contributed by atoms with van der Waals surface area (Å²) >= 11 is 1.20. The van der Waals surface area contributed by atoms with Gasteiger partial charge in [0.25, 0.3) is 0 Å². The minimum Gasteiger partial charge on any atom is -0.490 e. The van der Waals surface area contributed by atoms with E-state index in [0.29, 0.717) is 32.2 Å². The fourth-order valence-corrected chi connectivity index (χ4v) is 3.57. The normalized spacial score (nSPS) is 10.6. The molecule has 9 nitrogen and oxygen atoms in total. The Hall–Kier alpha value is -3.27. The lowest BCUT2D eigenvalue weighted by Gasteiger charge is -2.09. The van der Waals surface area contributed by atoms with Gasteiger partial charge in [0.1, 0.15) is 21.9 Å². The number of hydrogen-bond acceptors (Lipinski definition) is 9. The maximum absolute atomic E-state index is 11.9. The van der Waals surface area contributed by atoms with Crippen molar-refractivity contribution < 1.29 is 19.2 Å². The van der Waals surface area contributed by atoms with Crippen LogP contribution in [-0.2, 0) is 4.74 Å². The lowest BCUT2D eigenvalue weighted by molar-refractivity contribution is -0.385. The monoisotopic (exact) mass is 374 g/mol. The molecule has 0 bridgehead atoms. The second-order valence-corrected chi connectivity index (χ2v) is 6.22. The zero-order valence-corrected chi connectivity index (χ0v) is 14.9. The van der Waals surface area contributed by atoms with Crippen LogP contribution in [0.5, 0.6) is 5.75 Å². The van der Waals surface area contributed by atoms with Crippen molar-refractivity contribution in [2.45, 2.75) is 6.92 Å². The number of nitro groups is 1. The van der Waals surface area contributed by atoms with Crippen molar-refractivity contribution in [3.63, 3.8) is 0 Å². The lowest BCUT2D eigenvalue weighted by atomic mass is 10.2. The topological polar surface area (TPSA) is 116 Å². The molecule has 0 radical (unpaired) electrons.